The van der Waals surface area contributed by atoms with Crippen LogP contribution in [0.25, 0.3) is 11.3 Å². The summed E-state index contributed by atoms with van der Waals surface area (Å²) in [6.45, 7) is 0.922. The molecule has 3 aromatic rings. The fourth-order valence-corrected chi connectivity index (χ4v) is 4.12. The summed E-state index contributed by atoms with van der Waals surface area (Å²) >= 11 is 0. The van der Waals surface area contributed by atoms with Crippen LogP contribution in [-0.2, 0) is 5.60 Å². The number of aliphatic hydroxyl groups is 1. The number of likely N-dealkylation sites (N-methyl/N-ethyl adjacent to an activating group) is 1. The lowest BCUT2D eigenvalue weighted by Gasteiger charge is -2.47. The standard InChI is InChI=1S/C23H26N4O2/c1-26(2)21-16-27(14-13-23(21,29)18-11-7-4-8-12-18)22(28)20-15-19(24-25-20)17-9-5-3-6-10-17/h3-12,15,21,29H,13-14,16H2,1-2H3,(H,24,25)/t21-,23+/m1/s1. The van der Waals surface area contributed by atoms with Crippen LogP contribution < -0.4 is 0 Å². The Kier molecular flexibility index (Phi) is 5.22. The van der Waals surface area contributed by atoms with Crippen LogP contribution in [0, 0.1) is 0 Å². The van der Waals surface area contributed by atoms with E-state index in [0.29, 0.717) is 25.2 Å². The minimum atomic E-state index is -0.995. The maximum absolute atomic E-state index is 13.1. The molecule has 0 radical (unpaired) electrons. The number of nitrogens with zero attached hydrogens (tertiary/aromatic N) is 3. The minimum absolute atomic E-state index is 0.0957. The predicted octanol–water partition coefficient (Wildman–Crippen LogP) is 2.74. The Labute approximate surface area is 170 Å². The molecule has 1 saturated heterocycles. The third-order valence-corrected chi connectivity index (χ3v) is 5.77. The van der Waals surface area contributed by atoms with Crippen LogP contribution in [0.15, 0.2) is 66.7 Å². The largest absolute Gasteiger partial charge is 0.383 e. The summed E-state index contributed by atoms with van der Waals surface area (Å²) in [7, 11) is 3.88. The van der Waals surface area contributed by atoms with E-state index in [-0.39, 0.29) is 11.9 Å². The van der Waals surface area contributed by atoms with Gasteiger partial charge in [0, 0.05) is 18.7 Å². The highest BCUT2D eigenvalue weighted by atomic mass is 16.3. The molecular formula is C23H26N4O2. The number of aromatic nitrogens is 2. The second-order valence-corrected chi connectivity index (χ2v) is 7.80. The lowest BCUT2D eigenvalue weighted by atomic mass is 9.79. The van der Waals surface area contributed by atoms with Gasteiger partial charge in [0.25, 0.3) is 5.91 Å². The maximum Gasteiger partial charge on any atom is 0.271 e. The Bertz CT molecular complexity index is 971. The lowest BCUT2D eigenvalue weighted by molar-refractivity contribution is -0.0811. The maximum atomic E-state index is 13.1. The number of hydrogen-bond acceptors (Lipinski definition) is 4. The monoisotopic (exact) mass is 390 g/mol. The Hall–Kier alpha value is -2.96. The van der Waals surface area contributed by atoms with E-state index >= 15 is 0 Å². The van der Waals surface area contributed by atoms with Gasteiger partial charge in [0.2, 0.25) is 0 Å². The molecule has 29 heavy (non-hydrogen) atoms. The molecule has 1 amide bonds. The highest BCUT2D eigenvalue weighted by molar-refractivity contribution is 5.93. The zero-order chi connectivity index (χ0) is 20.4. The smallest absolute Gasteiger partial charge is 0.271 e. The molecule has 0 saturated carbocycles. The van der Waals surface area contributed by atoms with Crippen molar-refractivity contribution in [2.45, 2.75) is 18.1 Å². The third kappa shape index (κ3) is 3.69. The third-order valence-electron chi connectivity index (χ3n) is 5.77. The minimum Gasteiger partial charge on any atom is -0.383 e. The molecule has 0 spiro atoms. The molecule has 1 aliphatic rings. The fourth-order valence-electron chi connectivity index (χ4n) is 4.12. The van der Waals surface area contributed by atoms with Gasteiger partial charge in [-0.05, 0) is 32.1 Å². The summed E-state index contributed by atoms with van der Waals surface area (Å²) in [4.78, 5) is 16.9. The van der Waals surface area contributed by atoms with E-state index in [1.54, 1.807) is 11.0 Å². The first-order chi connectivity index (χ1) is 14.0. The van der Waals surface area contributed by atoms with E-state index in [0.717, 1.165) is 16.8 Å². The van der Waals surface area contributed by atoms with Crippen LogP contribution in [0.4, 0.5) is 0 Å². The first kappa shape index (κ1) is 19.4. The first-order valence-electron chi connectivity index (χ1n) is 9.83. The molecule has 1 aliphatic heterocycles. The van der Waals surface area contributed by atoms with Gasteiger partial charge >= 0.3 is 0 Å². The average molecular weight is 390 g/mol. The summed E-state index contributed by atoms with van der Waals surface area (Å²) in [6, 6.07) is 21.1. The molecule has 0 unspecified atom stereocenters. The number of likely N-dealkylation sites (tertiary alicyclic amines) is 1. The fraction of sp³-hybridized carbons (Fsp3) is 0.304. The quantitative estimate of drug-likeness (QED) is 0.719. The Morgan fingerprint density at radius 3 is 2.45 bits per heavy atom. The summed E-state index contributed by atoms with van der Waals surface area (Å²) in [6.07, 6.45) is 0.477. The Morgan fingerprint density at radius 2 is 1.79 bits per heavy atom. The number of carbonyl (C=O) groups excluding carboxylic acids is 1. The second kappa shape index (κ2) is 7.81. The molecule has 2 aromatic carbocycles. The highest BCUT2D eigenvalue weighted by Gasteiger charge is 2.45. The van der Waals surface area contributed by atoms with Crippen molar-refractivity contribution in [3.8, 4) is 11.3 Å². The molecular weight excluding hydrogens is 364 g/mol. The topological polar surface area (TPSA) is 72.5 Å². The Morgan fingerprint density at radius 1 is 1.14 bits per heavy atom. The van der Waals surface area contributed by atoms with Crippen molar-refractivity contribution in [2.75, 3.05) is 27.2 Å². The Balaban J connectivity index is 1.55. The molecule has 6 nitrogen and oxygen atoms in total. The van der Waals surface area contributed by atoms with Gasteiger partial charge in [-0.2, -0.15) is 5.10 Å². The van der Waals surface area contributed by atoms with E-state index < -0.39 is 5.60 Å². The van der Waals surface area contributed by atoms with Gasteiger partial charge in [-0.3, -0.25) is 9.89 Å². The zero-order valence-corrected chi connectivity index (χ0v) is 16.7. The lowest BCUT2D eigenvalue weighted by Crippen LogP contribution is -2.60. The molecule has 2 atom stereocenters. The van der Waals surface area contributed by atoms with E-state index in [1.165, 1.54) is 0 Å². The zero-order valence-electron chi connectivity index (χ0n) is 16.7. The number of benzene rings is 2. The number of nitrogens with one attached hydrogen (secondary N) is 1. The molecule has 150 valence electrons. The number of amides is 1. The molecule has 4 rings (SSSR count). The number of rotatable bonds is 4. The van der Waals surface area contributed by atoms with Crippen LogP contribution >= 0.6 is 0 Å². The van der Waals surface area contributed by atoms with Crippen LogP contribution in [0.2, 0.25) is 0 Å². The van der Waals surface area contributed by atoms with Gasteiger partial charge < -0.3 is 14.9 Å². The summed E-state index contributed by atoms with van der Waals surface area (Å²) < 4.78 is 0. The van der Waals surface area contributed by atoms with Crippen molar-refractivity contribution in [3.63, 3.8) is 0 Å². The van der Waals surface area contributed by atoms with Crippen LogP contribution in [-0.4, -0.2) is 64.2 Å². The molecule has 1 fully saturated rings. The number of carbonyl (C=O) groups is 1. The molecule has 6 heteroatoms. The van der Waals surface area contributed by atoms with Crippen molar-refractivity contribution in [3.05, 3.63) is 78.0 Å². The molecule has 2 N–H and O–H groups in total. The van der Waals surface area contributed by atoms with Crippen molar-refractivity contribution in [1.29, 1.82) is 0 Å². The van der Waals surface area contributed by atoms with E-state index in [1.807, 2.05) is 79.7 Å². The number of piperidine rings is 1. The number of aromatic amines is 1. The van der Waals surface area contributed by atoms with Gasteiger partial charge in [-0.15, -0.1) is 0 Å². The second-order valence-electron chi connectivity index (χ2n) is 7.80. The molecule has 2 heterocycles. The molecule has 1 aromatic heterocycles. The number of hydrogen-bond donors (Lipinski definition) is 2. The van der Waals surface area contributed by atoms with Crippen molar-refractivity contribution >= 4 is 5.91 Å². The van der Waals surface area contributed by atoms with Crippen molar-refractivity contribution in [1.82, 2.24) is 20.0 Å². The highest BCUT2D eigenvalue weighted by Crippen LogP contribution is 2.35. The van der Waals surface area contributed by atoms with Crippen LogP contribution in [0.5, 0.6) is 0 Å². The van der Waals surface area contributed by atoms with Crippen LogP contribution in [0.3, 0.4) is 0 Å². The van der Waals surface area contributed by atoms with Gasteiger partial charge in [-0.25, -0.2) is 0 Å². The van der Waals surface area contributed by atoms with Crippen molar-refractivity contribution < 1.29 is 9.90 Å². The number of H-pyrrole nitrogens is 1. The van der Waals surface area contributed by atoms with Crippen LogP contribution in [0.1, 0.15) is 22.5 Å². The summed E-state index contributed by atoms with van der Waals surface area (Å²) in [5.41, 5.74) is 2.07. The summed E-state index contributed by atoms with van der Waals surface area (Å²) in [5.74, 6) is -0.0957. The normalized spacial score (nSPS) is 22.1. The molecule has 0 aliphatic carbocycles. The van der Waals surface area contributed by atoms with Gasteiger partial charge in [0.05, 0.1) is 11.7 Å². The van der Waals surface area contributed by atoms with E-state index in [9.17, 15) is 9.90 Å². The SMILES string of the molecule is CN(C)[C@@H]1CN(C(=O)c2cc(-c3ccccc3)n[nH]2)CC[C@]1(O)c1ccccc1. The van der Waals surface area contributed by atoms with Gasteiger partial charge in [0.15, 0.2) is 0 Å². The average Bonchev–Trinajstić information content (AvgIpc) is 3.25. The van der Waals surface area contributed by atoms with E-state index in [2.05, 4.69) is 10.2 Å². The first-order valence-corrected chi connectivity index (χ1v) is 9.83. The molecule has 0 bridgehead atoms. The van der Waals surface area contributed by atoms with Crippen molar-refractivity contribution in [2.24, 2.45) is 0 Å². The van der Waals surface area contributed by atoms with E-state index in [4.69, 9.17) is 0 Å². The van der Waals surface area contributed by atoms with Gasteiger partial charge in [-0.1, -0.05) is 60.7 Å². The summed E-state index contributed by atoms with van der Waals surface area (Å²) in [5, 5.41) is 18.7. The van der Waals surface area contributed by atoms with Gasteiger partial charge in [0.1, 0.15) is 11.3 Å². The predicted molar refractivity (Wildman–Crippen MR) is 112 cm³/mol.